The highest BCUT2D eigenvalue weighted by molar-refractivity contribution is 5.34. The van der Waals surface area contributed by atoms with Gasteiger partial charge in [-0.15, -0.1) is 0 Å². The van der Waals surface area contributed by atoms with E-state index in [9.17, 15) is 0 Å². The molecule has 3 rings (SSSR count). The highest BCUT2D eigenvalue weighted by Crippen LogP contribution is 2.38. The summed E-state index contributed by atoms with van der Waals surface area (Å²) < 4.78 is 5.33. The van der Waals surface area contributed by atoms with Crippen LogP contribution in [0.2, 0.25) is 0 Å². The van der Waals surface area contributed by atoms with Crippen molar-refractivity contribution >= 4 is 0 Å². The zero-order chi connectivity index (χ0) is 14.7. The van der Waals surface area contributed by atoms with Crippen molar-refractivity contribution in [2.45, 2.75) is 37.6 Å². The topological polar surface area (TPSA) is 48.1 Å². The quantitative estimate of drug-likeness (QED) is 0.932. The van der Waals surface area contributed by atoms with E-state index in [1.807, 2.05) is 12.1 Å². The van der Waals surface area contributed by atoms with E-state index in [0.717, 1.165) is 12.0 Å². The van der Waals surface area contributed by atoms with Crippen molar-refractivity contribution in [2.75, 3.05) is 7.11 Å². The fourth-order valence-corrected chi connectivity index (χ4v) is 3.39. The Hall–Kier alpha value is -1.87. The number of aromatic nitrogens is 1. The minimum atomic E-state index is -0.0372. The third-order valence-corrected chi connectivity index (χ3v) is 4.43. The van der Waals surface area contributed by atoms with Crippen LogP contribution >= 0.6 is 0 Å². The molecule has 1 aliphatic rings. The maximum absolute atomic E-state index is 6.44. The summed E-state index contributed by atoms with van der Waals surface area (Å²) >= 11 is 0. The van der Waals surface area contributed by atoms with Crippen LogP contribution in [0.15, 0.2) is 42.6 Å². The van der Waals surface area contributed by atoms with Gasteiger partial charge in [-0.1, -0.05) is 30.3 Å². The number of hydrogen-bond donors (Lipinski definition) is 1. The number of rotatable bonds is 4. The van der Waals surface area contributed by atoms with Crippen LogP contribution in [0.1, 0.15) is 47.9 Å². The highest BCUT2D eigenvalue weighted by Gasteiger charge is 2.23. The molecular weight excluding hydrogens is 260 g/mol. The predicted octanol–water partition coefficient (Wildman–Crippen LogP) is 3.60. The van der Waals surface area contributed by atoms with E-state index in [1.165, 1.54) is 30.4 Å². The molecule has 0 fully saturated rings. The lowest BCUT2D eigenvalue weighted by Crippen LogP contribution is -2.18. The molecule has 2 atom stereocenters. The molecule has 0 saturated carbocycles. The van der Waals surface area contributed by atoms with Gasteiger partial charge >= 0.3 is 0 Å². The number of fused-ring (bicyclic) bond motifs is 1. The Kier molecular flexibility index (Phi) is 4.20. The molecule has 0 radical (unpaired) electrons. The monoisotopic (exact) mass is 282 g/mol. The minimum absolute atomic E-state index is 0.0372. The van der Waals surface area contributed by atoms with E-state index >= 15 is 0 Å². The molecule has 110 valence electrons. The second kappa shape index (κ2) is 6.27. The van der Waals surface area contributed by atoms with E-state index in [1.54, 1.807) is 13.3 Å². The maximum Gasteiger partial charge on any atom is 0.217 e. The van der Waals surface area contributed by atoms with E-state index in [0.29, 0.717) is 11.8 Å². The standard InChI is InChI=1S/C18H22N2O/c1-21-18-16(10-5-11-20-18)17(19)12-14-8-4-7-13-6-2-3-9-15(13)14/h2-3,5-6,9-11,14,17H,4,7-8,12,19H2,1H3. The molecule has 1 aromatic heterocycles. The highest BCUT2D eigenvalue weighted by atomic mass is 16.5. The lowest BCUT2D eigenvalue weighted by atomic mass is 9.79. The van der Waals surface area contributed by atoms with Crippen LogP contribution in [-0.4, -0.2) is 12.1 Å². The Morgan fingerprint density at radius 3 is 3.00 bits per heavy atom. The molecule has 3 nitrogen and oxygen atoms in total. The molecule has 1 aliphatic carbocycles. The summed E-state index contributed by atoms with van der Waals surface area (Å²) in [6.45, 7) is 0. The van der Waals surface area contributed by atoms with E-state index in [4.69, 9.17) is 10.5 Å². The first kappa shape index (κ1) is 14.1. The summed E-state index contributed by atoms with van der Waals surface area (Å²) in [6.07, 6.45) is 6.34. The third-order valence-electron chi connectivity index (χ3n) is 4.43. The smallest absolute Gasteiger partial charge is 0.217 e. The van der Waals surface area contributed by atoms with Crippen molar-refractivity contribution in [3.05, 3.63) is 59.3 Å². The number of benzene rings is 1. The SMILES string of the molecule is COc1ncccc1C(N)CC1CCCc2ccccc21. The summed E-state index contributed by atoms with van der Waals surface area (Å²) in [5.41, 5.74) is 10.4. The molecule has 0 amide bonds. The number of nitrogens with zero attached hydrogens (tertiary/aromatic N) is 1. The van der Waals surface area contributed by atoms with Crippen LogP contribution in [0.3, 0.4) is 0 Å². The van der Waals surface area contributed by atoms with Gasteiger partial charge in [-0.25, -0.2) is 4.98 Å². The first-order valence-corrected chi connectivity index (χ1v) is 7.62. The summed E-state index contributed by atoms with van der Waals surface area (Å²) in [5.74, 6) is 1.18. The first-order chi connectivity index (χ1) is 10.3. The van der Waals surface area contributed by atoms with Gasteiger partial charge in [0.15, 0.2) is 0 Å². The number of hydrogen-bond acceptors (Lipinski definition) is 3. The number of pyridine rings is 1. The van der Waals surface area contributed by atoms with Crippen molar-refractivity contribution in [3.63, 3.8) is 0 Å². The van der Waals surface area contributed by atoms with Gasteiger partial charge in [-0.2, -0.15) is 0 Å². The average molecular weight is 282 g/mol. The molecule has 2 unspecified atom stereocenters. The second-order valence-electron chi connectivity index (χ2n) is 5.73. The lowest BCUT2D eigenvalue weighted by molar-refractivity contribution is 0.382. The molecule has 0 saturated heterocycles. The number of methoxy groups -OCH3 is 1. The summed E-state index contributed by atoms with van der Waals surface area (Å²) in [6, 6.07) is 12.7. The molecular formula is C18H22N2O. The zero-order valence-electron chi connectivity index (χ0n) is 12.5. The van der Waals surface area contributed by atoms with Crippen LogP contribution in [0.5, 0.6) is 5.88 Å². The Morgan fingerprint density at radius 2 is 2.14 bits per heavy atom. The summed E-state index contributed by atoms with van der Waals surface area (Å²) in [7, 11) is 1.65. The van der Waals surface area contributed by atoms with E-state index in [-0.39, 0.29) is 6.04 Å². The lowest BCUT2D eigenvalue weighted by Gasteiger charge is -2.28. The molecule has 3 heteroatoms. The Bertz CT molecular complexity index is 612. The molecule has 0 spiro atoms. The minimum Gasteiger partial charge on any atom is -0.481 e. The van der Waals surface area contributed by atoms with Crippen molar-refractivity contribution in [1.82, 2.24) is 4.98 Å². The summed E-state index contributed by atoms with van der Waals surface area (Å²) in [5, 5.41) is 0. The van der Waals surface area contributed by atoms with Crippen LogP contribution in [0, 0.1) is 0 Å². The van der Waals surface area contributed by atoms with Crippen molar-refractivity contribution in [3.8, 4) is 5.88 Å². The van der Waals surface area contributed by atoms with E-state index in [2.05, 4.69) is 29.2 Å². The van der Waals surface area contributed by atoms with Crippen LogP contribution in [-0.2, 0) is 6.42 Å². The average Bonchev–Trinajstić information content (AvgIpc) is 2.55. The Labute approximate surface area is 126 Å². The van der Waals surface area contributed by atoms with Crippen molar-refractivity contribution in [1.29, 1.82) is 0 Å². The molecule has 0 bridgehead atoms. The summed E-state index contributed by atoms with van der Waals surface area (Å²) in [4.78, 5) is 4.25. The predicted molar refractivity (Wildman–Crippen MR) is 84.5 cm³/mol. The Morgan fingerprint density at radius 1 is 1.29 bits per heavy atom. The number of nitrogens with two attached hydrogens (primary N) is 1. The second-order valence-corrected chi connectivity index (χ2v) is 5.73. The largest absolute Gasteiger partial charge is 0.481 e. The first-order valence-electron chi connectivity index (χ1n) is 7.62. The molecule has 2 aromatic rings. The van der Waals surface area contributed by atoms with Gasteiger partial charge in [0.05, 0.1) is 7.11 Å². The fourth-order valence-electron chi connectivity index (χ4n) is 3.39. The number of ether oxygens (including phenoxy) is 1. The Balaban J connectivity index is 1.81. The normalized spacial score (nSPS) is 18.9. The number of aryl methyl sites for hydroxylation is 1. The van der Waals surface area contributed by atoms with E-state index < -0.39 is 0 Å². The van der Waals surface area contributed by atoms with Gasteiger partial charge in [-0.05, 0) is 48.8 Å². The van der Waals surface area contributed by atoms with Crippen LogP contribution in [0.25, 0.3) is 0 Å². The molecule has 1 aromatic carbocycles. The third kappa shape index (κ3) is 2.93. The van der Waals surface area contributed by atoms with Gasteiger partial charge < -0.3 is 10.5 Å². The van der Waals surface area contributed by atoms with Crippen LogP contribution in [0.4, 0.5) is 0 Å². The zero-order valence-corrected chi connectivity index (χ0v) is 12.5. The van der Waals surface area contributed by atoms with Gasteiger partial charge in [0.25, 0.3) is 0 Å². The molecule has 21 heavy (non-hydrogen) atoms. The van der Waals surface area contributed by atoms with Gasteiger partial charge in [0.2, 0.25) is 5.88 Å². The molecule has 1 heterocycles. The van der Waals surface area contributed by atoms with Gasteiger partial charge in [0.1, 0.15) is 0 Å². The van der Waals surface area contributed by atoms with Gasteiger partial charge in [0, 0.05) is 17.8 Å². The van der Waals surface area contributed by atoms with Crippen LogP contribution < -0.4 is 10.5 Å². The molecule has 0 aliphatic heterocycles. The van der Waals surface area contributed by atoms with Gasteiger partial charge in [-0.3, -0.25) is 0 Å². The van der Waals surface area contributed by atoms with Crippen molar-refractivity contribution in [2.24, 2.45) is 5.73 Å². The molecule has 2 N–H and O–H groups in total. The fraction of sp³-hybridized carbons (Fsp3) is 0.389. The maximum atomic E-state index is 6.44. The van der Waals surface area contributed by atoms with Crippen molar-refractivity contribution < 1.29 is 4.74 Å².